The van der Waals surface area contributed by atoms with Gasteiger partial charge in [-0.25, -0.2) is 13.9 Å². The van der Waals surface area contributed by atoms with Crippen LogP contribution in [-0.2, 0) is 21.2 Å². The second-order valence-electron chi connectivity index (χ2n) is 6.16. The van der Waals surface area contributed by atoms with Crippen LogP contribution in [0.3, 0.4) is 0 Å². The van der Waals surface area contributed by atoms with E-state index in [2.05, 4.69) is 11.2 Å². The van der Waals surface area contributed by atoms with Crippen LogP contribution >= 0.6 is 0 Å². The van der Waals surface area contributed by atoms with Crippen LogP contribution in [0.25, 0.3) is 5.57 Å². The molecular formula is C15H23N3O4S. The monoisotopic (exact) mass is 341 g/mol. The van der Waals surface area contributed by atoms with E-state index in [0.717, 1.165) is 24.7 Å². The summed E-state index contributed by atoms with van der Waals surface area (Å²) in [7, 11) is -3.68. The van der Waals surface area contributed by atoms with E-state index in [1.165, 1.54) is 30.8 Å². The first-order valence-corrected chi connectivity index (χ1v) is 9.53. The van der Waals surface area contributed by atoms with Gasteiger partial charge in [-0.15, -0.1) is 0 Å². The minimum absolute atomic E-state index is 0.0262. The van der Waals surface area contributed by atoms with Crippen LogP contribution in [0.4, 0.5) is 0 Å². The van der Waals surface area contributed by atoms with Crippen molar-refractivity contribution < 1.29 is 18.4 Å². The lowest BCUT2D eigenvalue weighted by atomic mass is 9.96. The fourth-order valence-electron chi connectivity index (χ4n) is 2.67. The van der Waals surface area contributed by atoms with Crippen LogP contribution in [0.5, 0.6) is 0 Å². The van der Waals surface area contributed by atoms with Crippen LogP contribution in [0.2, 0.25) is 0 Å². The smallest absolute Gasteiger partial charge is 0.264 e. The molecule has 0 aromatic carbocycles. The summed E-state index contributed by atoms with van der Waals surface area (Å²) in [5, 5.41) is 13.1. The van der Waals surface area contributed by atoms with Crippen LogP contribution < -0.4 is 5.48 Å². The number of sulfone groups is 1. The lowest BCUT2D eigenvalue weighted by Crippen LogP contribution is -2.49. The fourth-order valence-corrected chi connectivity index (χ4v) is 3.51. The van der Waals surface area contributed by atoms with Crippen LogP contribution in [0.1, 0.15) is 44.6 Å². The molecule has 2 N–H and O–H groups in total. The second-order valence-corrected chi connectivity index (χ2v) is 8.61. The maximum Gasteiger partial charge on any atom is 0.264 e. The zero-order valence-corrected chi connectivity index (χ0v) is 14.3. The van der Waals surface area contributed by atoms with Gasteiger partial charge in [0.2, 0.25) is 0 Å². The van der Waals surface area contributed by atoms with E-state index >= 15 is 0 Å². The van der Waals surface area contributed by atoms with Gasteiger partial charge < -0.3 is 0 Å². The molecule has 7 nitrogen and oxygen atoms in total. The number of nitrogens with one attached hydrogen (secondary N) is 1. The minimum Gasteiger partial charge on any atom is -0.289 e. The maximum absolute atomic E-state index is 11.9. The predicted octanol–water partition coefficient (Wildman–Crippen LogP) is 1.54. The van der Waals surface area contributed by atoms with Gasteiger partial charge in [-0.05, 0) is 44.6 Å². The molecule has 1 amide bonds. The van der Waals surface area contributed by atoms with Crippen LogP contribution in [0.15, 0.2) is 18.5 Å². The van der Waals surface area contributed by atoms with Crippen molar-refractivity contribution in [2.45, 2.75) is 50.3 Å². The normalized spacial score (nSPS) is 18.1. The Balaban J connectivity index is 2.12. The summed E-state index contributed by atoms with van der Waals surface area (Å²) >= 11 is 0. The van der Waals surface area contributed by atoms with E-state index < -0.39 is 20.5 Å². The molecule has 2 rings (SSSR count). The number of aryl methyl sites for hydroxylation is 1. The molecule has 0 saturated heterocycles. The van der Waals surface area contributed by atoms with Crippen LogP contribution in [-0.4, -0.2) is 40.3 Å². The summed E-state index contributed by atoms with van der Waals surface area (Å²) in [6.07, 6.45) is 11.3. The molecule has 0 bridgehead atoms. The molecule has 1 atom stereocenters. The third kappa shape index (κ3) is 3.81. The van der Waals surface area contributed by atoms with Gasteiger partial charge in [-0.3, -0.25) is 14.7 Å². The average molecular weight is 341 g/mol. The summed E-state index contributed by atoms with van der Waals surface area (Å²) in [5.41, 5.74) is 3.75. The van der Waals surface area contributed by atoms with Crippen molar-refractivity contribution in [2.75, 3.05) is 6.26 Å². The Bertz CT molecular complexity index is 708. The van der Waals surface area contributed by atoms with Gasteiger partial charge in [0.25, 0.3) is 5.91 Å². The van der Waals surface area contributed by atoms with Gasteiger partial charge in [-0.2, -0.15) is 5.10 Å². The molecule has 1 aromatic rings. The highest BCUT2D eigenvalue weighted by atomic mass is 32.2. The lowest BCUT2D eigenvalue weighted by Gasteiger charge is -2.24. The first-order chi connectivity index (χ1) is 10.8. The van der Waals surface area contributed by atoms with Crippen molar-refractivity contribution in [3.8, 4) is 0 Å². The van der Waals surface area contributed by atoms with Gasteiger partial charge in [0.05, 0.1) is 6.20 Å². The number of carbonyl (C=O) groups is 1. The number of aromatic nitrogens is 2. The molecule has 0 radical (unpaired) electrons. The maximum atomic E-state index is 11.9. The Morgan fingerprint density at radius 2 is 2.22 bits per heavy atom. The molecular weight excluding hydrogens is 318 g/mol. The molecule has 1 aliphatic carbocycles. The van der Waals surface area contributed by atoms with E-state index in [1.54, 1.807) is 10.9 Å². The number of nitrogens with zero attached hydrogens (tertiary/aromatic N) is 2. The van der Waals surface area contributed by atoms with Gasteiger partial charge >= 0.3 is 0 Å². The minimum atomic E-state index is -3.68. The van der Waals surface area contributed by atoms with Gasteiger partial charge in [0.1, 0.15) is 0 Å². The van der Waals surface area contributed by atoms with E-state index in [9.17, 15) is 13.2 Å². The van der Waals surface area contributed by atoms with Crippen molar-refractivity contribution in [3.05, 3.63) is 24.0 Å². The highest BCUT2D eigenvalue weighted by molar-refractivity contribution is 7.92. The molecule has 1 aromatic heterocycles. The summed E-state index contributed by atoms with van der Waals surface area (Å²) in [4.78, 5) is 11.8. The number of carbonyl (C=O) groups excluding carboxylic acids is 1. The van der Waals surface area contributed by atoms with Crippen LogP contribution in [0, 0.1) is 0 Å². The van der Waals surface area contributed by atoms with E-state index in [0.29, 0.717) is 0 Å². The van der Waals surface area contributed by atoms with Crippen molar-refractivity contribution in [1.82, 2.24) is 15.3 Å². The molecule has 0 aliphatic heterocycles. The summed E-state index contributed by atoms with van der Waals surface area (Å²) in [6, 6.07) is 0. The van der Waals surface area contributed by atoms with E-state index in [1.807, 2.05) is 6.20 Å². The topological polar surface area (TPSA) is 101 Å². The average Bonchev–Trinajstić information content (AvgIpc) is 3.00. The highest BCUT2D eigenvalue weighted by Crippen LogP contribution is 2.27. The standard InChI is InChI=1S/C15H23N3O4S/c1-15(14(19)17-20,23(2,21)22)8-9-18-11-13(10-16-18)12-6-4-3-5-7-12/h6,10-11,20H,3-5,7-9H2,1-2H3,(H,17,19)/t15-/m1/s1. The largest absolute Gasteiger partial charge is 0.289 e. The lowest BCUT2D eigenvalue weighted by molar-refractivity contribution is -0.131. The Morgan fingerprint density at radius 3 is 2.78 bits per heavy atom. The zero-order chi connectivity index (χ0) is 17.1. The number of hydrogen-bond donors (Lipinski definition) is 2. The Hall–Kier alpha value is -1.67. The molecule has 0 unspecified atom stereocenters. The summed E-state index contributed by atoms with van der Waals surface area (Å²) in [6.45, 7) is 1.58. The third-order valence-electron chi connectivity index (χ3n) is 4.51. The fraction of sp³-hybridized carbons (Fsp3) is 0.600. The molecule has 1 heterocycles. The van der Waals surface area contributed by atoms with Gasteiger partial charge in [0.15, 0.2) is 14.6 Å². The SMILES string of the molecule is C[C@@](CCn1cc(C2=CCCCC2)cn1)(C(=O)NO)S(C)(=O)=O. The van der Waals surface area contributed by atoms with Gasteiger partial charge in [-0.1, -0.05) is 6.08 Å². The summed E-state index contributed by atoms with van der Waals surface area (Å²) < 4.78 is 23.8. The predicted molar refractivity (Wildman–Crippen MR) is 86.5 cm³/mol. The number of allylic oxidation sites excluding steroid dienone is 2. The zero-order valence-electron chi connectivity index (χ0n) is 13.4. The van der Waals surface area contributed by atoms with Gasteiger partial charge in [0, 0.05) is 24.6 Å². The molecule has 1 aliphatic rings. The number of rotatable bonds is 6. The van der Waals surface area contributed by atoms with E-state index in [4.69, 9.17) is 5.21 Å². The first kappa shape index (κ1) is 17.7. The Morgan fingerprint density at radius 1 is 1.48 bits per heavy atom. The van der Waals surface area contributed by atoms with Crippen molar-refractivity contribution >= 4 is 21.3 Å². The molecule has 0 spiro atoms. The van der Waals surface area contributed by atoms with Crippen molar-refractivity contribution in [3.63, 3.8) is 0 Å². The van der Waals surface area contributed by atoms with Crippen molar-refractivity contribution in [1.29, 1.82) is 0 Å². The van der Waals surface area contributed by atoms with E-state index in [-0.39, 0.29) is 13.0 Å². The molecule has 23 heavy (non-hydrogen) atoms. The third-order valence-corrected chi connectivity index (χ3v) is 6.54. The number of amides is 1. The number of hydrogen-bond acceptors (Lipinski definition) is 5. The molecule has 0 saturated carbocycles. The first-order valence-electron chi connectivity index (χ1n) is 7.64. The highest BCUT2D eigenvalue weighted by Gasteiger charge is 2.43. The van der Waals surface area contributed by atoms with Crippen molar-refractivity contribution in [2.24, 2.45) is 0 Å². The summed E-state index contributed by atoms with van der Waals surface area (Å²) in [5.74, 6) is -0.928. The second kappa shape index (κ2) is 6.84. The Kier molecular flexibility index (Phi) is 5.26. The Labute approximate surface area is 136 Å². The number of hydroxylamine groups is 1. The molecule has 128 valence electrons. The quantitative estimate of drug-likeness (QED) is 0.604. The molecule has 0 fully saturated rings. The molecule has 8 heteroatoms.